The molecule has 0 fully saturated rings. The van der Waals surface area contributed by atoms with Crippen LogP contribution in [0.3, 0.4) is 0 Å². The Labute approximate surface area is 151 Å². The van der Waals surface area contributed by atoms with Crippen molar-refractivity contribution in [2.75, 3.05) is 0 Å². The smallest absolute Gasteiger partial charge is 0.417 e. The van der Waals surface area contributed by atoms with E-state index in [4.69, 9.17) is 11.6 Å². The van der Waals surface area contributed by atoms with E-state index in [0.29, 0.717) is 0 Å². The van der Waals surface area contributed by atoms with E-state index >= 15 is 0 Å². The van der Waals surface area contributed by atoms with Gasteiger partial charge in [0.15, 0.2) is 5.75 Å². The fourth-order valence-electron chi connectivity index (χ4n) is 2.52. The minimum absolute atomic E-state index is 0.0467. The summed E-state index contributed by atoms with van der Waals surface area (Å²) >= 11 is 5.96. The van der Waals surface area contributed by atoms with Gasteiger partial charge < -0.3 is 9.67 Å². The van der Waals surface area contributed by atoms with E-state index in [9.17, 15) is 23.1 Å². The molecule has 8 heteroatoms. The topological polar surface area (TPSA) is 55.1 Å². The van der Waals surface area contributed by atoms with Gasteiger partial charge in [0, 0.05) is 12.1 Å². The highest BCUT2D eigenvalue weighted by atomic mass is 35.5. The first-order chi connectivity index (χ1) is 12.3. The van der Waals surface area contributed by atoms with Crippen molar-refractivity contribution in [1.82, 2.24) is 9.55 Å². The highest BCUT2D eigenvalue weighted by Gasteiger charge is 2.34. The molecule has 0 unspecified atom stereocenters. The van der Waals surface area contributed by atoms with E-state index in [1.807, 2.05) is 6.07 Å². The molecule has 1 N–H and O–H groups in total. The first kappa shape index (κ1) is 18.0. The molecule has 4 nitrogen and oxygen atoms in total. The molecule has 1 heterocycles. The van der Waals surface area contributed by atoms with Gasteiger partial charge in [-0.15, -0.1) is 0 Å². The van der Waals surface area contributed by atoms with Crippen molar-refractivity contribution in [2.45, 2.75) is 12.7 Å². The Morgan fingerprint density at radius 3 is 2.42 bits per heavy atom. The van der Waals surface area contributed by atoms with E-state index in [1.165, 1.54) is 16.7 Å². The van der Waals surface area contributed by atoms with Gasteiger partial charge in [0.2, 0.25) is 0 Å². The summed E-state index contributed by atoms with van der Waals surface area (Å²) < 4.78 is 40.7. The number of halogens is 4. The number of hydrogen-bond donors (Lipinski definition) is 1. The Kier molecular flexibility index (Phi) is 4.73. The Hall–Kier alpha value is -2.80. The quantitative estimate of drug-likeness (QED) is 0.735. The van der Waals surface area contributed by atoms with Crippen LogP contribution in [0.2, 0.25) is 5.02 Å². The molecule has 0 amide bonds. The monoisotopic (exact) mass is 380 g/mol. The number of nitrogens with zero attached hydrogens (tertiary/aromatic N) is 2. The minimum atomic E-state index is -4.64. The van der Waals surface area contributed by atoms with Crippen LogP contribution in [0.15, 0.2) is 59.5 Å². The normalized spacial score (nSPS) is 11.5. The van der Waals surface area contributed by atoms with Gasteiger partial charge in [-0.25, -0.2) is 0 Å². The maximum absolute atomic E-state index is 13.1. The van der Waals surface area contributed by atoms with E-state index in [0.717, 1.165) is 17.8 Å². The van der Waals surface area contributed by atoms with Crippen LogP contribution in [0, 0.1) is 0 Å². The minimum Gasteiger partial charge on any atom is -0.502 e. The molecule has 0 bridgehead atoms. The average Bonchev–Trinajstić information content (AvgIpc) is 2.58. The fraction of sp³-hybridized carbons (Fsp3) is 0.111. The second-order valence-corrected chi connectivity index (χ2v) is 5.91. The Morgan fingerprint density at radius 1 is 1.08 bits per heavy atom. The van der Waals surface area contributed by atoms with Crippen LogP contribution in [0.4, 0.5) is 13.2 Å². The summed E-state index contributed by atoms with van der Waals surface area (Å²) in [6.07, 6.45) is -3.51. The van der Waals surface area contributed by atoms with Crippen LogP contribution >= 0.6 is 11.6 Å². The molecule has 134 valence electrons. The van der Waals surface area contributed by atoms with Crippen molar-refractivity contribution >= 4 is 11.6 Å². The molecule has 0 atom stereocenters. The first-order valence-electron chi connectivity index (χ1n) is 7.48. The summed E-state index contributed by atoms with van der Waals surface area (Å²) in [4.78, 5) is 15.5. The Morgan fingerprint density at radius 2 is 1.77 bits per heavy atom. The summed E-state index contributed by atoms with van der Waals surface area (Å²) in [5.74, 6) is -0.666. The molecule has 0 aliphatic rings. The second kappa shape index (κ2) is 6.84. The van der Waals surface area contributed by atoms with Gasteiger partial charge in [0.1, 0.15) is 5.82 Å². The lowest BCUT2D eigenvalue weighted by atomic mass is 10.1. The largest absolute Gasteiger partial charge is 0.502 e. The molecule has 3 aromatic rings. The van der Waals surface area contributed by atoms with E-state index in [-0.39, 0.29) is 17.9 Å². The van der Waals surface area contributed by atoms with Gasteiger partial charge in [0.05, 0.1) is 16.8 Å². The molecule has 0 spiro atoms. The van der Waals surface area contributed by atoms with Gasteiger partial charge in [-0.2, -0.15) is 18.2 Å². The van der Waals surface area contributed by atoms with Gasteiger partial charge >= 0.3 is 11.7 Å². The maximum atomic E-state index is 13.1. The number of hydrogen-bond acceptors (Lipinski definition) is 3. The van der Waals surface area contributed by atoms with E-state index in [1.54, 1.807) is 24.3 Å². The molecule has 0 saturated carbocycles. The SMILES string of the molecule is O=c1nc(-c2cccc(C(F)(F)F)c2Cl)n(Cc2ccccc2)cc1O. The molecule has 0 aliphatic heterocycles. The van der Waals surface area contributed by atoms with Crippen LogP contribution < -0.4 is 5.56 Å². The van der Waals surface area contributed by atoms with Crippen molar-refractivity contribution in [3.05, 3.63) is 81.2 Å². The molecule has 3 rings (SSSR count). The number of benzene rings is 2. The standard InChI is InChI=1S/C18H12ClF3N2O2/c19-15-12(7-4-8-13(15)18(20,21)22)16-23-17(26)14(25)10-24(16)9-11-5-2-1-3-6-11/h1-8,10,25H,9H2. The van der Waals surface area contributed by atoms with Crippen LogP contribution in [0.1, 0.15) is 11.1 Å². The van der Waals surface area contributed by atoms with Gasteiger partial charge in [-0.3, -0.25) is 4.79 Å². The second-order valence-electron chi connectivity index (χ2n) is 5.53. The molecular weight excluding hydrogens is 369 g/mol. The number of aromatic hydroxyl groups is 1. The predicted molar refractivity (Wildman–Crippen MR) is 91.2 cm³/mol. The highest BCUT2D eigenvalue weighted by Crippen LogP contribution is 2.39. The molecule has 0 radical (unpaired) electrons. The van der Waals surface area contributed by atoms with Crippen LogP contribution in [0.5, 0.6) is 5.75 Å². The van der Waals surface area contributed by atoms with Crippen LogP contribution in [-0.2, 0) is 12.7 Å². The Balaban J connectivity index is 2.19. The van der Waals surface area contributed by atoms with Crippen molar-refractivity contribution < 1.29 is 18.3 Å². The lowest BCUT2D eigenvalue weighted by Crippen LogP contribution is -2.16. The van der Waals surface area contributed by atoms with Crippen LogP contribution in [-0.4, -0.2) is 14.7 Å². The summed E-state index contributed by atoms with van der Waals surface area (Å²) in [7, 11) is 0. The van der Waals surface area contributed by atoms with Gasteiger partial charge in [-0.1, -0.05) is 48.0 Å². The summed E-state index contributed by atoms with van der Waals surface area (Å²) in [6, 6.07) is 12.4. The average molecular weight is 381 g/mol. The van der Waals surface area contributed by atoms with Crippen molar-refractivity contribution in [3.8, 4) is 17.1 Å². The number of rotatable bonds is 3. The molecule has 2 aromatic carbocycles. The zero-order valence-corrected chi connectivity index (χ0v) is 13.9. The van der Waals surface area contributed by atoms with Crippen LogP contribution in [0.25, 0.3) is 11.4 Å². The van der Waals surface area contributed by atoms with E-state index in [2.05, 4.69) is 4.98 Å². The lowest BCUT2D eigenvalue weighted by molar-refractivity contribution is -0.137. The van der Waals surface area contributed by atoms with Crippen molar-refractivity contribution in [2.24, 2.45) is 0 Å². The summed E-state index contributed by atoms with van der Waals surface area (Å²) in [5.41, 5.74) is -1.21. The summed E-state index contributed by atoms with van der Waals surface area (Å²) in [6.45, 7) is 0.184. The zero-order chi connectivity index (χ0) is 18.9. The summed E-state index contributed by atoms with van der Waals surface area (Å²) in [5, 5.41) is 9.14. The third-order valence-electron chi connectivity index (χ3n) is 3.72. The number of aromatic nitrogens is 2. The first-order valence-corrected chi connectivity index (χ1v) is 7.85. The predicted octanol–water partition coefficient (Wildman–Crippen LogP) is 4.34. The molecule has 1 aromatic heterocycles. The molecule has 0 saturated heterocycles. The molecule has 0 aliphatic carbocycles. The fourth-order valence-corrected chi connectivity index (χ4v) is 2.84. The van der Waals surface area contributed by atoms with Gasteiger partial charge in [0.25, 0.3) is 0 Å². The van der Waals surface area contributed by atoms with E-state index < -0.39 is 28.1 Å². The van der Waals surface area contributed by atoms with Crippen molar-refractivity contribution in [3.63, 3.8) is 0 Å². The van der Waals surface area contributed by atoms with Gasteiger partial charge in [-0.05, 0) is 17.7 Å². The highest BCUT2D eigenvalue weighted by molar-refractivity contribution is 6.34. The lowest BCUT2D eigenvalue weighted by Gasteiger charge is -2.16. The number of alkyl halides is 3. The third kappa shape index (κ3) is 3.57. The maximum Gasteiger partial charge on any atom is 0.417 e. The Bertz CT molecular complexity index is 1000. The molecule has 26 heavy (non-hydrogen) atoms. The molecular formula is C18H12ClF3N2O2. The van der Waals surface area contributed by atoms with Crippen molar-refractivity contribution in [1.29, 1.82) is 0 Å². The third-order valence-corrected chi connectivity index (χ3v) is 4.12. The zero-order valence-electron chi connectivity index (χ0n) is 13.2.